The minimum atomic E-state index is -0.999. The van der Waals surface area contributed by atoms with Crippen molar-refractivity contribution >= 4 is 11.7 Å². The molecule has 0 atom stereocenters. The highest BCUT2D eigenvalue weighted by atomic mass is 16.4. The fraction of sp³-hybridized carbons (Fsp3) is 0.231. The zero-order valence-electron chi connectivity index (χ0n) is 9.71. The van der Waals surface area contributed by atoms with Gasteiger partial charge in [0.1, 0.15) is 0 Å². The number of carboxylic acid groups (broad SMARTS) is 1. The molecule has 3 N–H and O–H groups in total. The van der Waals surface area contributed by atoms with E-state index in [9.17, 15) is 9.90 Å². The molecule has 1 saturated carbocycles. The first kappa shape index (κ1) is 10.8. The molecule has 0 saturated heterocycles. The largest absolute Gasteiger partial charge is 0.478 e. The molecule has 0 radical (unpaired) electrons. The van der Waals surface area contributed by atoms with Crippen molar-refractivity contribution in [1.82, 2.24) is 9.78 Å². The molecular formula is C13H13N3O2. The summed E-state index contributed by atoms with van der Waals surface area (Å²) in [5, 5.41) is 13.6. The van der Waals surface area contributed by atoms with Crippen LogP contribution in [0.5, 0.6) is 0 Å². The topological polar surface area (TPSA) is 81.1 Å². The van der Waals surface area contributed by atoms with Crippen LogP contribution >= 0.6 is 0 Å². The molecule has 1 fully saturated rings. The molecule has 1 aromatic heterocycles. The zero-order valence-corrected chi connectivity index (χ0v) is 9.71. The second kappa shape index (κ2) is 3.87. The molecule has 1 aliphatic rings. The standard InChI is InChI=1S/C13H13N3O2/c14-9-3-4-12(10(7-9)13(17)18)16-6-5-11(15-16)8-1-2-8/h3-8H,1-2,14H2,(H,17,18). The van der Waals surface area contributed by atoms with Gasteiger partial charge in [-0.05, 0) is 37.1 Å². The van der Waals surface area contributed by atoms with E-state index in [1.54, 1.807) is 23.0 Å². The van der Waals surface area contributed by atoms with Crippen molar-refractivity contribution in [1.29, 1.82) is 0 Å². The SMILES string of the molecule is Nc1ccc(-n2ccc(C3CC3)n2)c(C(=O)O)c1. The van der Waals surface area contributed by atoms with Crippen LogP contribution in [0, 0.1) is 0 Å². The molecule has 5 heteroatoms. The highest BCUT2D eigenvalue weighted by molar-refractivity contribution is 5.93. The van der Waals surface area contributed by atoms with Gasteiger partial charge in [0.25, 0.3) is 0 Å². The average Bonchev–Trinajstić information content (AvgIpc) is 3.08. The Morgan fingerprint density at radius 3 is 2.83 bits per heavy atom. The van der Waals surface area contributed by atoms with Crippen LogP contribution in [-0.4, -0.2) is 20.9 Å². The second-order valence-electron chi connectivity index (χ2n) is 4.54. The monoisotopic (exact) mass is 243 g/mol. The van der Waals surface area contributed by atoms with Crippen LogP contribution in [0.2, 0.25) is 0 Å². The lowest BCUT2D eigenvalue weighted by Gasteiger charge is -2.07. The number of aromatic carboxylic acids is 1. The number of anilines is 1. The highest BCUT2D eigenvalue weighted by Crippen LogP contribution is 2.39. The van der Waals surface area contributed by atoms with Crippen LogP contribution < -0.4 is 5.73 Å². The number of carboxylic acids is 1. The smallest absolute Gasteiger partial charge is 0.337 e. The molecule has 1 aliphatic carbocycles. The number of nitrogen functional groups attached to an aromatic ring is 1. The maximum absolute atomic E-state index is 11.2. The molecule has 1 aromatic carbocycles. The van der Waals surface area contributed by atoms with Gasteiger partial charge < -0.3 is 10.8 Å². The lowest BCUT2D eigenvalue weighted by atomic mass is 10.1. The van der Waals surface area contributed by atoms with Crippen LogP contribution in [0.4, 0.5) is 5.69 Å². The summed E-state index contributed by atoms with van der Waals surface area (Å²) < 4.78 is 1.61. The first-order chi connectivity index (χ1) is 8.65. The second-order valence-corrected chi connectivity index (χ2v) is 4.54. The van der Waals surface area contributed by atoms with Crippen molar-refractivity contribution in [3.63, 3.8) is 0 Å². The number of carbonyl (C=O) groups is 1. The van der Waals surface area contributed by atoms with Gasteiger partial charge in [0.15, 0.2) is 0 Å². The number of hydrogen-bond donors (Lipinski definition) is 2. The zero-order chi connectivity index (χ0) is 12.7. The van der Waals surface area contributed by atoms with E-state index in [-0.39, 0.29) is 5.56 Å². The van der Waals surface area contributed by atoms with Gasteiger partial charge in [0, 0.05) is 17.8 Å². The van der Waals surface area contributed by atoms with Crippen LogP contribution in [0.3, 0.4) is 0 Å². The molecule has 1 heterocycles. The van der Waals surface area contributed by atoms with E-state index >= 15 is 0 Å². The van der Waals surface area contributed by atoms with Gasteiger partial charge in [-0.2, -0.15) is 5.10 Å². The van der Waals surface area contributed by atoms with Gasteiger partial charge in [0.05, 0.1) is 16.9 Å². The summed E-state index contributed by atoms with van der Waals surface area (Å²) in [6.45, 7) is 0. The molecule has 3 rings (SSSR count). The average molecular weight is 243 g/mol. The lowest BCUT2D eigenvalue weighted by molar-refractivity contribution is 0.0697. The molecular weight excluding hydrogens is 230 g/mol. The number of aromatic nitrogens is 2. The maximum Gasteiger partial charge on any atom is 0.337 e. The molecule has 0 spiro atoms. The Hall–Kier alpha value is -2.30. The minimum absolute atomic E-state index is 0.167. The summed E-state index contributed by atoms with van der Waals surface area (Å²) in [4.78, 5) is 11.2. The van der Waals surface area contributed by atoms with E-state index in [1.165, 1.54) is 18.9 Å². The molecule has 92 valence electrons. The first-order valence-electron chi connectivity index (χ1n) is 5.84. The molecule has 0 amide bonds. The predicted octanol–water partition coefficient (Wildman–Crippen LogP) is 2.03. The number of benzene rings is 1. The maximum atomic E-state index is 11.2. The summed E-state index contributed by atoms with van der Waals surface area (Å²) >= 11 is 0. The fourth-order valence-electron chi connectivity index (χ4n) is 1.99. The summed E-state index contributed by atoms with van der Waals surface area (Å²) in [7, 11) is 0. The minimum Gasteiger partial charge on any atom is -0.478 e. The normalized spacial score (nSPS) is 14.7. The van der Waals surface area contributed by atoms with Crippen LogP contribution in [0.1, 0.15) is 34.8 Å². The van der Waals surface area contributed by atoms with E-state index in [0.29, 0.717) is 17.3 Å². The summed E-state index contributed by atoms with van der Waals surface area (Å²) in [6.07, 6.45) is 4.14. The Morgan fingerprint density at radius 1 is 1.39 bits per heavy atom. The third-order valence-corrected chi connectivity index (χ3v) is 3.10. The number of rotatable bonds is 3. The van der Waals surface area contributed by atoms with Crippen LogP contribution in [-0.2, 0) is 0 Å². The Balaban J connectivity index is 2.06. The van der Waals surface area contributed by atoms with E-state index in [4.69, 9.17) is 5.73 Å². The number of nitrogens with two attached hydrogens (primary N) is 1. The van der Waals surface area contributed by atoms with Gasteiger partial charge in [-0.1, -0.05) is 0 Å². The van der Waals surface area contributed by atoms with Crippen molar-refractivity contribution in [2.75, 3.05) is 5.73 Å². The van der Waals surface area contributed by atoms with E-state index in [0.717, 1.165) is 5.69 Å². The van der Waals surface area contributed by atoms with Crippen LogP contribution in [0.25, 0.3) is 5.69 Å². The van der Waals surface area contributed by atoms with Crippen LogP contribution in [0.15, 0.2) is 30.5 Å². The lowest BCUT2D eigenvalue weighted by Crippen LogP contribution is -2.07. The molecule has 0 aliphatic heterocycles. The quantitative estimate of drug-likeness (QED) is 0.808. The molecule has 2 aromatic rings. The van der Waals surface area contributed by atoms with Crippen molar-refractivity contribution < 1.29 is 9.90 Å². The van der Waals surface area contributed by atoms with Crippen molar-refractivity contribution in [3.8, 4) is 5.69 Å². The van der Waals surface area contributed by atoms with Gasteiger partial charge in [0.2, 0.25) is 0 Å². The Labute approximate surface area is 104 Å². The summed E-state index contributed by atoms with van der Waals surface area (Å²) in [6, 6.07) is 6.76. The molecule has 5 nitrogen and oxygen atoms in total. The van der Waals surface area contributed by atoms with Crippen molar-refractivity contribution in [2.45, 2.75) is 18.8 Å². The highest BCUT2D eigenvalue weighted by Gasteiger charge is 2.26. The fourth-order valence-corrected chi connectivity index (χ4v) is 1.99. The van der Waals surface area contributed by atoms with Crippen molar-refractivity contribution in [2.24, 2.45) is 0 Å². The van der Waals surface area contributed by atoms with Gasteiger partial charge in [-0.15, -0.1) is 0 Å². The number of hydrogen-bond acceptors (Lipinski definition) is 3. The molecule has 0 unspecified atom stereocenters. The Kier molecular flexibility index (Phi) is 2.33. The van der Waals surface area contributed by atoms with E-state index in [2.05, 4.69) is 5.10 Å². The summed E-state index contributed by atoms with van der Waals surface area (Å²) in [5.41, 5.74) is 7.79. The molecule has 18 heavy (non-hydrogen) atoms. The van der Waals surface area contributed by atoms with Gasteiger partial charge >= 0.3 is 5.97 Å². The van der Waals surface area contributed by atoms with E-state index < -0.39 is 5.97 Å². The first-order valence-corrected chi connectivity index (χ1v) is 5.84. The Morgan fingerprint density at radius 2 is 2.17 bits per heavy atom. The number of nitrogens with zero attached hydrogens (tertiary/aromatic N) is 2. The Bertz CT molecular complexity index is 614. The third-order valence-electron chi connectivity index (χ3n) is 3.10. The van der Waals surface area contributed by atoms with Crippen molar-refractivity contribution in [3.05, 3.63) is 41.7 Å². The third kappa shape index (κ3) is 1.84. The van der Waals surface area contributed by atoms with Gasteiger partial charge in [-0.3, -0.25) is 0 Å². The summed E-state index contributed by atoms with van der Waals surface area (Å²) in [5.74, 6) is -0.450. The van der Waals surface area contributed by atoms with E-state index in [1.807, 2.05) is 6.07 Å². The van der Waals surface area contributed by atoms with Gasteiger partial charge in [-0.25, -0.2) is 9.48 Å². The predicted molar refractivity (Wildman–Crippen MR) is 66.9 cm³/mol. The molecule has 0 bridgehead atoms.